The van der Waals surface area contributed by atoms with E-state index < -0.39 is 0 Å². The topological polar surface area (TPSA) is 64.1 Å². The predicted molar refractivity (Wildman–Crippen MR) is 96.8 cm³/mol. The average Bonchev–Trinajstić information content (AvgIpc) is 3.07. The fourth-order valence-corrected chi connectivity index (χ4v) is 3.69. The van der Waals surface area contributed by atoms with E-state index in [-0.39, 0.29) is 11.7 Å². The van der Waals surface area contributed by atoms with Gasteiger partial charge in [0.25, 0.3) is 5.91 Å². The molecule has 0 bridgehead atoms. The van der Waals surface area contributed by atoms with E-state index in [1.165, 1.54) is 35.2 Å². The molecule has 0 saturated heterocycles. The number of carbonyl (C=O) groups is 1. The van der Waals surface area contributed by atoms with Crippen LogP contribution in [0, 0.1) is 5.82 Å². The van der Waals surface area contributed by atoms with Gasteiger partial charge >= 0.3 is 0 Å². The van der Waals surface area contributed by atoms with Crippen molar-refractivity contribution in [3.8, 4) is 5.75 Å². The Labute approximate surface area is 152 Å². The number of hydrogen-bond donors (Lipinski definition) is 1. The first-order valence-corrected chi connectivity index (χ1v) is 9.10. The molecular weight excluding hydrogens is 361 g/mol. The smallest absolute Gasteiger partial charge is 0.257 e. The number of nitrogens with zero attached hydrogens (tertiary/aromatic N) is 2. The van der Waals surface area contributed by atoms with Crippen LogP contribution in [0.2, 0.25) is 0 Å². The minimum atomic E-state index is -0.263. The Morgan fingerprint density at radius 1 is 1.24 bits per heavy atom. The van der Waals surface area contributed by atoms with E-state index >= 15 is 0 Å². The fraction of sp³-hybridized carbons (Fsp3) is 0.118. The van der Waals surface area contributed by atoms with Crippen molar-refractivity contribution in [2.45, 2.75) is 10.1 Å². The van der Waals surface area contributed by atoms with Crippen LogP contribution in [0.1, 0.15) is 15.9 Å². The maximum atomic E-state index is 13.2. The number of benzene rings is 2. The normalized spacial score (nSPS) is 10.5. The number of methoxy groups -OCH3 is 1. The highest BCUT2D eigenvalue weighted by Crippen LogP contribution is 2.28. The molecule has 0 atom stereocenters. The molecule has 0 unspecified atom stereocenters. The van der Waals surface area contributed by atoms with Crippen molar-refractivity contribution in [1.82, 2.24) is 10.2 Å². The summed E-state index contributed by atoms with van der Waals surface area (Å²) in [6.07, 6.45) is 0. The first-order valence-electron chi connectivity index (χ1n) is 7.30. The summed E-state index contributed by atoms with van der Waals surface area (Å²) >= 11 is 2.72. The minimum absolute atomic E-state index is 0.261. The van der Waals surface area contributed by atoms with Gasteiger partial charge in [0.15, 0.2) is 4.34 Å². The number of aromatic nitrogens is 2. The van der Waals surface area contributed by atoms with Gasteiger partial charge in [-0.3, -0.25) is 10.1 Å². The monoisotopic (exact) mass is 375 g/mol. The van der Waals surface area contributed by atoms with Gasteiger partial charge < -0.3 is 4.74 Å². The SMILES string of the molecule is COc1ccc(C(=O)Nc2nnc(SCc3cccc(F)c3)s2)cc1. The lowest BCUT2D eigenvalue weighted by molar-refractivity contribution is 0.102. The van der Waals surface area contributed by atoms with E-state index in [4.69, 9.17) is 4.74 Å². The van der Waals surface area contributed by atoms with Crippen LogP contribution in [0.5, 0.6) is 5.75 Å². The zero-order valence-corrected chi connectivity index (χ0v) is 14.9. The number of rotatable bonds is 6. The number of halogens is 1. The molecule has 0 radical (unpaired) electrons. The molecule has 2 aromatic carbocycles. The molecule has 0 spiro atoms. The third-order valence-electron chi connectivity index (χ3n) is 3.23. The lowest BCUT2D eigenvalue weighted by atomic mass is 10.2. The summed E-state index contributed by atoms with van der Waals surface area (Å²) in [5.74, 6) is 0.741. The number of hydrogen-bond acceptors (Lipinski definition) is 6. The Kier molecular flexibility index (Phi) is 5.62. The van der Waals surface area contributed by atoms with Gasteiger partial charge in [-0.25, -0.2) is 4.39 Å². The molecule has 3 aromatic rings. The summed E-state index contributed by atoms with van der Waals surface area (Å²) in [6, 6.07) is 13.2. The third kappa shape index (κ3) is 4.77. The molecular formula is C17H14FN3O2S2. The molecule has 1 aromatic heterocycles. The van der Waals surface area contributed by atoms with Gasteiger partial charge in [-0.05, 0) is 42.0 Å². The predicted octanol–water partition coefficient (Wildman–Crippen LogP) is 4.23. The van der Waals surface area contributed by atoms with Gasteiger partial charge in [-0.2, -0.15) is 0 Å². The van der Waals surface area contributed by atoms with Crippen molar-refractivity contribution in [3.63, 3.8) is 0 Å². The van der Waals surface area contributed by atoms with Crippen molar-refractivity contribution in [2.75, 3.05) is 12.4 Å². The Morgan fingerprint density at radius 3 is 2.76 bits per heavy atom. The molecule has 0 aliphatic carbocycles. The maximum Gasteiger partial charge on any atom is 0.257 e. The summed E-state index contributed by atoms with van der Waals surface area (Å²) in [5.41, 5.74) is 1.37. The van der Waals surface area contributed by atoms with E-state index in [1.807, 2.05) is 6.07 Å². The Bertz CT molecular complexity index is 868. The molecule has 5 nitrogen and oxygen atoms in total. The molecule has 1 amide bonds. The van der Waals surface area contributed by atoms with E-state index in [0.717, 1.165) is 5.56 Å². The van der Waals surface area contributed by atoms with E-state index in [2.05, 4.69) is 15.5 Å². The highest BCUT2D eigenvalue weighted by atomic mass is 32.2. The summed E-state index contributed by atoms with van der Waals surface area (Å²) < 4.78 is 18.9. The number of ether oxygens (including phenoxy) is 1. The van der Waals surface area contributed by atoms with Crippen LogP contribution in [0.4, 0.5) is 9.52 Å². The molecule has 1 N–H and O–H groups in total. The first kappa shape index (κ1) is 17.4. The molecule has 8 heteroatoms. The van der Waals surface area contributed by atoms with Crippen LogP contribution in [-0.4, -0.2) is 23.2 Å². The summed E-state index contributed by atoms with van der Waals surface area (Å²) in [5, 5.41) is 11.1. The fourth-order valence-electron chi connectivity index (χ4n) is 2.00. The van der Waals surface area contributed by atoms with Gasteiger partial charge in [0.2, 0.25) is 5.13 Å². The highest BCUT2D eigenvalue weighted by molar-refractivity contribution is 8.00. The van der Waals surface area contributed by atoms with Crippen molar-refractivity contribution < 1.29 is 13.9 Å². The number of anilines is 1. The van der Waals surface area contributed by atoms with Crippen LogP contribution in [-0.2, 0) is 5.75 Å². The zero-order chi connectivity index (χ0) is 17.6. The minimum Gasteiger partial charge on any atom is -0.497 e. The molecule has 128 valence electrons. The average molecular weight is 375 g/mol. The van der Waals surface area contributed by atoms with Crippen LogP contribution in [0.25, 0.3) is 0 Å². The van der Waals surface area contributed by atoms with Crippen molar-refractivity contribution in [2.24, 2.45) is 0 Å². The second-order valence-corrected chi connectivity index (χ2v) is 7.17. The van der Waals surface area contributed by atoms with Gasteiger partial charge in [0.05, 0.1) is 7.11 Å². The van der Waals surface area contributed by atoms with Crippen LogP contribution in [0.15, 0.2) is 52.9 Å². The van der Waals surface area contributed by atoms with E-state index in [1.54, 1.807) is 37.4 Å². The maximum absolute atomic E-state index is 13.2. The van der Waals surface area contributed by atoms with Gasteiger partial charge in [0.1, 0.15) is 11.6 Å². The Balaban J connectivity index is 1.58. The van der Waals surface area contributed by atoms with Crippen molar-refractivity contribution in [1.29, 1.82) is 0 Å². The number of carbonyl (C=O) groups excluding carboxylic acids is 1. The second kappa shape index (κ2) is 8.09. The van der Waals surface area contributed by atoms with Crippen LogP contribution in [0.3, 0.4) is 0 Å². The first-order chi connectivity index (χ1) is 12.1. The lowest BCUT2D eigenvalue weighted by Crippen LogP contribution is -2.11. The third-order valence-corrected chi connectivity index (χ3v) is 5.27. The highest BCUT2D eigenvalue weighted by Gasteiger charge is 2.11. The van der Waals surface area contributed by atoms with Crippen molar-refractivity contribution in [3.05, 3.63) is 65.5 Å². The van der Waals surface area contributed by atoms with Gasteiger partial charge in [-0.1, -0.05) is 35.2 Å². The molecule has 3 rings (SSSR count). The molecule has 0 saturated carbocycles. The number of thioether (sulfide) groups is 1. The summed E-state index contributed by atoms with van der Waals surface area (Å²) in [6.45, 7) is 0. The lowest BCUT2D eigenvalue weighted by Gasteiger charge is -2.02. The van der Waals surface area contributed by atoms with E-state index in [0.29, 0.717) is 26.5 Å². The Morgan fingerprint density at radius 2 is 2.04 bits per heavy atom. The Hall–Kier alpha value is -2.45. The standard InChI is InChI=1S/C17H14FN3O2S2/c1-23-14-7-5-12(6-8-14)15(22)19-16-20-21-17(25-16)24-10-11-3-2-4-13(18)9-11/h2-9H,10H2,1H3,(H,19,20,22). The number of amides is 1. The summed E-state index contributed by atoms with van der Waals surface area (Å²) in [7, 11) is 1.57. The molecule has 0 fully saturated rings. The van der Waals surface area contributed by atoms with E-state index in [9.17, 15) is 9.18 Å². The quantitative estimate of drug-likeness (QED) is 0.516. The largest absolute Gasteiger partial charge is 0.497 e. The second-order valence-electron chi connectivity index (χ2n) is 4.97. The zero-order valence-electron chi connectivity index (χ0n) is 13.2. The van der Waals surface area contributed by atoms with Crippen LogP contribution < -0.4 is 10.1 Å². The van der Waals surface area contributed by atoms with Crippen molar-refractivity contribution >= 4 is 34.1 Å². The number of nitrogens with one attached hydrogen (secondary N) is 1. The van der Waals surface area contributed by atoms with Crippen LogP contribution >= 0.6 is 23.1 Å². The molecule has 1 heterocycles. The summed E-state index contributed by atoms with van der Waals surface area (Å²) in [4.78, 5) is 12.2. The van der Waals surface area contributed by atoms with Gasteiger partial charge in [0, 0.05) is 11.3 Å². The molecule has 0 aliphatic rings. The molecule has 0 aliphatic heterocycles. The van der Waals surface area contributed by atoms with Gasteiger partial charge in [-0.15, -0.1) is 10.2 Å². The molecule has 25 heavy (non-hydrogen) atoms.